The van der Waals surface area contributed by atoms with Crippen LogP contribution in [0.2, 0.25) is 0 Å². The lowest BCUT2D eigenvalue weighted by Gasteiger charge is -2.32. The van der Waals surface area contributed by atoms with Crippen LogP contribution in [0.4, 0.5) is 0 Å². The van der Waals surface area contributed by atoms with Crippen molar-refractivity contribution < 1.29 is 24.2 Å². The minimum atomic E-state index is -0.934. The minimum absolute atomic E-state index is 0.0714. The predicted octanol–water partition coefficient (Wildman–Crippen LogP) is 2.12. The highest BCUT2D eigenvalue weighted by Crippen LogP contribution is 2.33. The van der Waals surface area contributed by atoms with Crippen molar-refractivity contribution in [2.75, 3.05) is 20.8 Å². The second-order valence-corrected chi connectivity index (χ2v) is 6.50. The summed E-state index contributed by atoms with van der Waals surface area (Å²) in [5.41, 5.74) is 1.07. The van der Waals surface area contributed by atoms with E-state index in [2.05, 4.69) is 0 Å². The van der Waals surface area contributed by atoms with Crippen molar-refractivity contribution in [2.24, 2.45) is 11.8 Å². The molecule has 0 spiro atoms. The number of methoxy groups -OCH3 is 2. The number of carbonyl (C=O) groups is 2. The van der Waals surface area contributed by atoms with Gasteiger partial charge in [0.2, 0.25) is 5.91 Å². The molecule has 0 aromatic heterocycles. The smallest absolute Gasteiger partial charge is 0.311 e. The van der Waals surface area contributed by atoms with Crippen LogP contribution in [0, 0.1) is 11.8 Å². The number of benzene rings is 1. The number of likely N-dealkylation sites (tertiary alicyclic amines) is 1. The van der Waals surface area contributed by atoms with E-state index >= 15 is 0 Å². The SMILES string of the molecule is COc1ccc(C[C@@H]2CCCN2C(=O)[C@@H]2C=C[C@@H]2C(=O)O)cc1OC. The van der Waals surface area contributed by atoms with Crippen LogP contribution in [0.15, 0.2) is 30.4 Å². The van der Waals surface area contributed by atoms with Crippen molar-refractivity contribution in [2.45, 2.75) is 25.3 Å². The van der Waals surface area contributed by atoms with Crippen LogP contribution in [-0.4, -0.2) is 48.7 Å². The molecule has 2 aliphatic rings. The summed E-state index contributed by atoms with van der Waals surface area (Å²) in [6.45, 7) is 0.688. The first kappa shape index (κ1) is 17.3. The van der Waals surface area contributed by atoms with Crippen molar-refractivity contribution in [3.8, 4) is 11.5 Å². The molecule has 1 aromatic rings. The maximum Gasteiger partial charge on any atom is 0.311 e. The summed E-state index contributed by atoms with van der Waals surface area (Å²) >= 11 is 0. The molecule has 1 fully saturated rings. The Morgan fingerprint density at radius 1 is 1.16 bits per heavy atom. The average Bonchev–Trinajstić information content (AvgIpc) is 3.01. The highest BCUT2D eigenvalue weighted by Gasteiger charge is 2.41. The molecule has 6 nitrogen and oxygen atoms in total. The summed E-state index contributed by atoms with van der Waals surface area (Å²) in [7, 11) is 3.20. The average molecular weight is 345 g/mol. The quantitative estimate of drug-likeness (QED) is 0.799. The molecule has 1 saturated heterocycles. The zero-order valence-corrected chi connectivity index (χ0v) is 14.5. The number of carbonyl (C=O) groups excluding carboxylic acids is 1. The fourth-order valence-electron chi connectivity index (χ4n) is 3.61. The summed E-state index contributed by atoms with van der Waals surface area (Å²) in [5, 5.41) is 9.16. The van der Waals surface area contributed by atoms with Crippen molar-refractivity contribution in [3.05, 3.63) is 35.9 Å². The van der Waals surface area contributed by atoms with E-state index in [-0.39, 0.29) is 11.9 Å². The number of aliphatic carboxylic acids is 1. The first-order valence-electron chi connectivity index (χ1n) is 8.47. The molecule has 1 aliphatic heterocycles. The highest BCUT2D eigenvalue weighted by molar-refractivity contribution is 5.90. The van der Waals surface area contributed by atoms with Crippen molar-refractivity contribution in [3.63, 3.8) is 0 Å². The second-order valence-electron chi connectivity index (χ2n) is 6.50. The monoisotopic (exact) mass is 345 g/mol. The van der Waals surface area contributed by atoms with Crippen molar-refractivity contribution >= 4 is 11.9 Å². The fraction of sp³-hybridized carbons (Fsp3) is 0.474. The molecule has 0 saturated carbocycles. The van der Waals surface area contributed by atoms with Gasteiger partial charge in [-0.2, -0.15) is 0 Å². The molecule has 25 heavy (non-hydrogen) atoms. The maximum atomic E-state index is 12.7. The summed E-state index contributed by atoms with van der Waals surface area (Å²) in [6.07, 6.45) is 5.88. The van der Waals surface area contributed by atoms with E-state index in [4.69, 9.17) is 14.6 Å². The zero-order chi connectivity index (χ0) is 18.0. The largest absolute Gasteiger partial charge is 0.493 e. The zero-order valence-electron chi connectivity index (χ0n) is 14.5. The van der Waals surface area contributed by atoms with Crippen LogP contribution in [0.25, 0.3) is 0 Å². The Labute approximate surface area is 147 Å². The van der Waals surface area contributed by atoms with E-state index in [1.807, 2.05) is 23.1 Å². The molecule has 1 aliphatic carbocycles. The molecular weight excluding hydrogens is 322 g/mol. The van der Waals surface area contributed by atoms with E-state index in [0.717, 1.165) is 24.8 Å². The first-order chi connectivity index (χ1) is 12.0. The molecule has 134 valence electrons. The van der Waals surface area contributed by atoms with Gasteiger partial charge in [-0.15, -0.1) is 0 Å². The van der Waals surface area contributed by atoms with Gasteiger partial charge in [0.15, 0.2) is 11.5 Å². The van der Waals surface area contributed by atoms with Crippen LogP contribution in [0.5, 0.6) is 11.5 Å². The number of ether oxygens (including phenoxy) is 2. The van der Waals surface area contributed by atoms with Gasteiger partial charge in [-0.1, -0.05) is 18.2 Å². The Kier molecular flexibility index (Phi) is 4.97. The van der Waals surface area contributed by atoms with Crippen molar-refractivity contribution in [1.29, 1.82) is 0 Å². The third-order valence-electron chi connectivity index (χ3n) is 5.06. The Balaban J connectivity index is 1.71. The van der Waals surface area contributed by atoms with E-state index < -0.39 is 17.8 Å². The third-order valence-corrected chi connectivity index (χ3v) is 5.06. The fourth-order valence-corrected chi connectivity index (χ4v) is 3.61. The summed E-state index contributed by atoms with van der Waals surface area (Å²) in [5.74, 6) is -0.869. The molecular formula is C19H23NO5. The number of rotatable bonds is 6. The van der Waals surface area contributed by atoms with Gasteiger partial charge in [-0.25, -0.2) is 0 Å². The lowest BCUT2D eigenvalue weighted by atomic mass is 9.81. The van der Waals surface area contributed by atoms with Gasteiger partial charge in [0.05, 0.1) is 26.1 Å². The number of amides is 1. The lowest BCUT2D eigenvalue weighted by Crippen LogP contribution is -2.45. The molecule has 0 radical (unpaired) electrons. The van der Waals surface area contributed by atoms with E-state index in [1.165, 1.54) is 0 Å². The van der Waals surface area contributed by atoms with Crippen LogP contribution < -0.4 is 9.47 Å². The van der Waals surface area contributed by atoms with Gasteiger partial charge in [0.1, 0.15) is 0 Å². The standard InChI is InChI=1S/C19H23NO5/c1-24-16-8-5-12(11-17(16)25-2)10-13-4-3-9-20(13)18(21)14-6-7-15(14)19(22)23/h5-8,11,13-15H,3-4,9-10H2,1-2H3,(H,22,23)/t13-,14+,15-/m0/s1. The Bertz CT molecular complexity index is 699. The maximum absolute atomic E-state index is 12.7. The van der Waals surface area contributed by atoms with E-state index in [0.29, 0.717) is 18.0 Å². The van der Waals surface area contributed by atoms with Gasteiger partial charge in [0.25, 0.3) is 0 Å². The van der Waals surface area contributed by atoms with Gasteiger partial charge < -0.3 is 19.5 Å². The molecule has 1 aromatic carbocycles. The summed E-state index contributed by atoms with van der Waals surface area (Å²) < 4.78 is 10.6. The molecule has 1 amide bonds. The van der Waals surface area contributed by atoms with Gasteiger partial charge >= 0.3 is 5.97 Å². The van der Waals surface area contributed by atoms with Crippen LogP contribution in [0.1, 0.15) is 18.4 Å². The normalized spacial score (nSPS) is 24.7. The lowest BCUT2D eigenvalue weighted by molar-refractivity contribution is -0.148. The van der Waals surface area contributed by atoms with Gasteiger partial charge in [-0.3, -0.25) is 9.59 Å². The number of nitrogens with zero attached hydrogens (tertiary/aromatic N) is 1. The van der Waals surface area contributed by atoms with Gasteiger partial charge in [-0.05, 0) is 37.0 Å². The first-order valence-corrected chi connectivity index (χ1v) is 8.47. The summed E-state index contributed by atoms with van der Waals surface area (Å²) in [4.78, 5) is 25.7. The van der Waals surface area contributed by atoms with Crippen LogP contribution >= 0.6 is 0 Å². The van der Waals surface area contributed by atoms with Gasteiger partial charge in [0, 0.05) is 12.6 Å². The molecule has 0 bridgehead atoms. The number of carboxylic acid groups (broad SMARTS) is 1. The Morgan fingerprint density at radius 3 is 2.48 bits per heavy atom. The number of hydrogen-bond donors (Lipinski definition) is 1. The van der Waals surface area contributed by atoms with Crippen LogP contribution in [-0.2, 0) is 16.0 Å². The predicted molar refractivity (Wildman–Crippen MR) is 91.7 cm³/mol. The second kappa shape index (κ2) is 7.17. The minimum Gasteiger partial charge on any atom is -0.493 e. The topological polar surface area (TPSA) is 76.1 Å². The molecule has 3 rings (SSSR count). The molecule has 1 N–H and O–H groups in total. The molecule has 0 unspecified atom stereocenters. The molecule has 3 atom stereocenters. The van der Waals surface area contributed by atoms with E-state index in [9.17, 15) is 9.59 Å². The van der Waals surface area contributed by atoms with Crippen molar-refractivity contribution in [1.82, 2.24) is 4.90 Å². The van der Waals surface area contributed by atoms with E-state index in [1.54, 1.807) is 26.4 Å². The highest BCUT2D eigenvalue weighted by atomic mass is 16.5. The number of carboxylic acids is 1. The molecule has 1 heterocycles. The third kappa shape index (κ3) is 3.34. The molecule has 6 heteroatoms. The summed E-state index contributed by atoms with van der Waals surface area (Å²) in [6, 6.07) is 5.87. The van der Waals surface area contributed by atoms with Crippen LogP contribution in [0.3, 0.4) is 0 Å². The Hall–Kier alpha value is -2.50. The number of hydrogen-bond acceptors (Lipinski definition) is 4. The Morgan fingerprint density at radius 2 is 1.88 bits per heavy atom.